The zero-order valence-corrected chi connectivity index (χ0v) is 23.8. The fraction of sp³-hybridized carbons (Fsp3) is 0.346. The molecule has 0 spiro atoms. The highest BCUT2D eigenvalue weighted by atomic mass is 31.2. The monoisotopic (exact) mass is 618 g/mol. The fourth-order valence-electron chi connectivity index (χ4n) is 4.23. The topological polar surface area (TPSA) is 207 Å². The molecule has 0 amide bonds. The molecule has 2 heterocycles. The lowest BCUT2D eigenvalue weighted by Crippen LogP contribution is -2.45. The van der Waals surface area contributed by atoms with Crippen LogP contribution < -0.4 is 20.9 Å². The first-order valence-corrected chi connectivity index (χ1v) is 14.4. The highest BCUT2D eigenvalue weighted by Gasteiger charge is 2.55. The second kappa shape index (κ2) is 13.3. The van der Waals surface area contributed by atoms with Gasteiger partial charge in [0.05, 0.1) is 12.7 Å². The van der Waals surface area contributed by atoms with Crippen LogP contribution >= 0.6 is 7.75 Å². The van der Waals surface area contributed by atoms with Gasteiger partial charge in [-0.3, -0.25) is 23.7 Å². The molecule has 1 saturated heterocycles. The molecule has 1 aliphatic heterocycles. The summed E-state index contributed by atoms with van der Waals surface area (Å²) in [6.07, 6.45) is -3.28. The number of nitrogens with one attached hydrogen (secondary N) is 2. The molecule has 0 saturated carbocycles. The van der Waals surface area contributed by atoms with Crippen molar-refractivity contribution in [2.45, 2.75) is 50.5 Å². The van der Waals surface area contributed by atoms with Crippen LogP contribution in [0.4, 0.5) is 4.39 Å². The quantitative estimate of drug-likeness (QED) is 0.0889. The smallest absolute Gasteiger partial charge is 0.459 e. The second-order valence-corrected chi connectivity index (χ2v) is 11.4. The van der Waals surface area contributed by atoms with E-state index in [2.05, 4.69) is 15.1 Å². The van der Waals surface area contributed by atoms with Crippen LogP contribution in [0.25, 0.3) is 10.4 Å². The summed E-state index contributed by atoms with van der Waals surface area (Å²) in [6, 6.07) is 13.1. The molecule has 6 atom stereocenters. The van der Waals surface area contributed by atoms with E-state index in [4.69, 9.17) is 24.1 Å². The number of nitrogens with zero attached hydrogens (tertiary/aromatic N) is 4. The lowest BCUT2D eigenvalue weighted by Gasteiger charge is -2.28. The lowest BCUT2D eigenvalue weighted by molar-refractivity contribution is -0.146. The van der Waals surface area contributed by atoms with Crippen LogP contribution in [0.15, 0.2) is 81.6 Å². The van der Waals surface area contributed by atoms with Gasteiger partial charge in [0.15, 0.2) is 6.23 Å². The van der Waals surface area contributed by atoms with Gasteiger partial charge in [0.25, 0.3) is 5.56 Å². The first-order chi connectivity index (χ1) is 20.4. The number of ether oxygens (including phenoxy) is 2. The first-order valence-electron chi connectivity index (χ1n) is 12.8. The molecule has 0 aliphatic carbocycles. The summed E-state index contributed by atoms with van der Waals surface area (Å²) < 4.78 is 50.4. The van der Waals surface area contributed by atoms with E-state index in [-0.39, 0.29) is 12.4 Å². The zero-order valence-electron chi connectivity index (χ0n) is 22.9. The molecule has 228 valence electrons. The number of H-pyrrole nitrogens is 1. The molecule has 1 aliphatic rings. The summed E-state index contributed by atoms with van der Waals surface area (Å²) in [6.45, 7) is 1.96. The van der Waals surface area contributed by atoms with Crippen molar-refractivity contribution in [3.05, 3.63) is 110 Å². The van der Waals surface area contributed by atoms with Crippen molar-refractivity contribution < 1.29 is 37.4 Å². The van der Waals surface area contributed by atoms with Gasteiger partial charge in [0.1, 0.15) is 35.9 Å². The molecule has 1 aromatic heterocycles. The summed E-state index contributed by atoms with van der Waals surface area (Å²) in [5.74, 6) is -1.45. The Labute approximate surface area is 243 Å². The Kier molecular flexibility index (Phi) is 9.81. The number of aliphatic hydroxyl groups excluding tert-OH is 1. The number of esters is 1. The molecule has 0 radical (unpaired) electrons. The molecule has 3 N–H and O–H groups in total. The molecule has 1 fully saturated rings. The number of hydrogen-bond acceptors (Lipinski definition) is 10. The molecular formula is C26H28FN6O9P. The van der Waals surface area contributed by atoms with Crippen molar-refractivity contribution in [2.24, 2.45) is 5.11 Å². The minimum absolute atomic E-state index is 0.0543. The highest BCUT2D eigenvalue weighted by molar-refractivity contribution is 7.52. The average Bonchev–Trinajstić information content (AvgIpc) is 3.21. The van der Waals surface area contributed by atoms with Crippen molar-refractivity contribution in [1.82, 2.24) is 14.6 Å². The van der Waals surface area contributed by atoms with Crippen LogP contribution in [-0.4, -0.2) is 51.0 Å². The number of azide groups is 1. The number of aliphatic hydroxyl groups is 1. The average molecular weight is 619 g/mol. The summed E-state index contributed by atoms with van der Waals surface area (Å²) in [7, 11) is -4.49. The number of rotatable bonds is 12. The number of aromatic nitrogens is 2. The van der Waals surface area contributed by atoms with Gasteiger partial charge >= 0.3 is 19.4 Å². The van der Waals surface area contributed by atoms with E-state index < -0.39 is 67.4 Å². The van der Waals surface area contributed by atoms with Gasteiger partial charge in [-0.2, -0.15) is 5.09 Å². The van der Waals surface area contributed by atoms with Crippen molar-refractivity contribution in [1.29, 1.82) is 0 Å². The maximum atomic E-state index is 13.9. The van der Waals surface area contributed by atoms with Crippen LogP contribution in [0.1, 0.15) is 25.6 Å². The summed E-state index contributed by atoms with van der Waals surface area (Å²) in [5, 5.41) is 17.2. The predicted octanol–water partition coefficient (Wildman–Crippen LogP) is 2.93. The Morgan fingerprint density at radius 2 is 1.95 bits per heavy atom. The number of benzene rings is 2. The Morgan fingerprint density at radius 1 is 1.26 bits per heavy atom. The van der Waals surface area contributed by atoms with Crippen LogP contribution in [0.3, 0.4) is 0 Å². The molecule has 15 nitrogen and oxygen atoms in total. The Balaban J connectivity index is 1.54. The van der Waals surface area contributed by atoms with Gasteiger partial charge in [0, 0.05) is 17.2 Å². The van der Waals surface area contributed by atoms with Crippen molar-refractivity contribution in [3.63, 3.8) is 0 Å². The van der Waals surface area contributed by atoms with Gasteiger partial charge in [0.2, 0.25) is 0 Å². The molecular weight excluding hydrogens is 590 g/mol. The van der Waals surface area contributed by atoms with E-state index in [1.807, 2.05) is 4.98 Å². The van der Waals surface area contributed by atoms with Crippen LogP contribution in [-0.2, 0) is 30.0 Å². The molecule has 43 heavy (non-hydrogen) atoms. The Bertz CT molecular complexity index is 1650. The highest BCUT2D eigenvalue weighted by Crippen LogP contribution is 2.47. The maximum Gasteiger partial charge on any atom is 0.459 e. The number of halogens is 1. The minimum Gasteiger partial charge on any atom is -0.460 e. The standard InChI is InChI=1S/C26H28FN6O9P/c1-16(23(36)39-14-17-6-4-3-5-7-17)30-43(38,42-19-10-8-18(27)9-11-19)40-15-20-22(35)26(2,31-32-28)24(41-20)33-13-12-21(34)29-25(33)37/h3-13,16,20,22,24,35H,14-15H2,1-2H3,(H,30,38)(H,29,34,37)/t16-,20+,22+,24-,26+,43?/m0/s1. The zero-order chi connectivity index (χ0) is 31.2. The first kappa shape index (κ1) is 31.6. The van der Waals surface area contributed by atoms with Crippen LogP contribution in [0.2, 0.25) is 0 Å². The number of aromatic amines is 1. The van der Waals surface area contributed by atoms with Gasteiger partial charge in [-0.05, 0) is 49.2 Å². The van der Waals surface area contributed by atoms with E-state index in [1.165, 1.54) is 26.0 Å². The van der Waals surface area contributed by atoms with Gasteiger partial charge < -0.3 is 19.1 Å². The van der Waals surface area contributed by atoms with Crippen molar-refractivity contribution >= 4 is 13.7 Å². The van der Waals surface area contributed by atoms with Gasteiger partial charge in [-0.25, -0.2) is 13.8 Å². The predicted molar refractivity (Wildman–Crippen MR) is 148 cm³/mol. The molecule has 4 rings (SSSR count). The molecule has 3 aromatic rings. The number of hydrogen-bond donors (Lipinski definition) is 3. The Hall–Kier alpha value is -4.30. The van der Waals surface area contributed by atoms with Gasteiger partial charge in [-0.15, -0.1) is 0 Å². The van der Waals surface area contributed by atoms with Crippen LogP contribution in [0.5, 0.6) is 5.75 Å². The van der Waals surface area contributed by atoms with E-state index >= 15 is 0 Å². The Morgan fingerprint density at radius 3 is 2.60 bits per heavy atom. The normalized spacial score (nSPS) is 23.5. The van der Waals surface area contributed by atoms with Crippen molar-refractivity contribution in [3.8, 4) is 5.75 Å². The number of carbonyl (C=O) groups excluding carboxylic acids is 1. The maximum absolute atomic E-state index is 13.9. The summed E-state index contributed by atoms with van der Waals surface area (Å²) in [4.78, 5) is 41.5. The van der Waals surface area contributed by atoms with E-state index in [1.54, 1.807) is 30.3 Å². The third-order valence-electron chi connectivity index (χ3n) is 6.50. The van der Waals surface area contributed by atoms with Crippen LogP contribution in [0, 0.1) is 5.82 Å². The second-order valence-electron chi connectivity index (χ2n) is 9.69. The summed E-state index contributed by atoms with van der Waals surface area (Å²) >= 11 is 0. The SMILES string of the molecule is C[C@H](NP(=O)(OC[C@H]1O[C@H](n2ccc(=O)[nH]c2=O)[C@](C)(N=[N+]=[N-])[C@@H]1O)Oc1ccc(F)cc1)C(=O)OCc1ccccc1. The molecule has 17 heteroatoms. The van der Waals surface area contributed by atoms with Crippen molar-refractivity contribution in [2.75, 3.05) is 6.61 Å². The van der Waals surface area contributed by atoms with E-state index in [0.717, 1.165) is 34.5 Å². The summed E-state index contributed by atoms with van der Waals surface area (Å²) in [5.41, 5.74) is 6.50. The third kappa shape index (κ3) is 7.56. The van der Waals surface area contributed by atoms with E-state index in [0.29, 0.717) is 0 Å². The number of carbonyl (C=O) groups is 1. The lowest BCUT2D eigenvalue weighted by atomic mass is 9.93. The molecule has 2 aromatic carbocycles. The van der Waals surface area contributed by atoms with Gasteiger partial charge in [-0.1, -0.05) is 35.4 Å². The fourth-order valence-corrected chi connectivity index (χ4v) is 5.74. The minimum atomic E-state index is -4.49. The largest absolute Gasteiger partial charge is 0.460 e. The molecule has 0 bridgehead atoms. The van der Waals surface area contributed by atoms with E-state index in [9.17, 15) is 28.4 Å². The molecule has 1 unspecified atom stereocenters. The third-order valence-corrected chi connectivity index (χ3v) is 8.14.